The van der Waals surface area contributed by atoms with Crippen molar-refractivity contribution in [1.29, 1.82) is 0 Å². The molecule has 0 saturated carbocycles. The van der Waals surface area contributed by atoms with Gasteiger partial charge in [-0.1, -0.05) is 41.4 Å². The van der Waals surface area contributed by atoms with Crippen LogP contribution in [0.5, 0.6) is 0 Å². The average Bonchev–Trinajstić information content (AvgIpc) is 2.94. The van der Waals surface area contributed by atoms with Crippen LogP contribution < -0.4 is 5.56 Å². The van der Waals surface area contributed by atoms with Crippen molar-refractivity contribution in [3.63, 3.8) is 0 Å². The zero-order valence-electron chi connectivity index (χ0n) is 12.1. The Hall–Kier alpha value is -2.10. The molecule has 114 valence electrons. The fourth-order valence-corrected chi connectivity index (χ4v) is 3.29. The van der Waals surface area contributed by atoms with E-state index in [1.165, 1.54) is 4.40 Å². The molecule has 0 spiro atoms. The molecular formula is C18H12Cl2N2O. The van der Waals surface area contributed by atoms with Crippen LogP contribution >= 0.6 is 23.2 Å². The van der Waals surface area contributed by atoms with Crippen LogP contribution in [0.15, 0.2) is 47.4 Å². The first-order valence-electron chi connectivity index (χ1n) is 7.30. The average molecular weight is 343 g/mol. The molecule has 2 heterocycles. The van der Waals surface area contributed by atoms with E-state index in [1.54, 1.807) is 18.3 Å². The Kier molecular flexibility index (Phi) is 3.47. The molecular weight excluding hydrogens is 331 g/mol. The number of allylic oxidation sites excluding steroid dienone is 1. The quantitative estimate of drug-likeness (QED) is 0.653. The highest BCUT2D eigenvalue weighted by Gasteiger charge is 2.22. The molecule has 0 unspecified atom stereocenters. The predicted molar refractivity (Wildman–Crippen MR) is 94.1 cm³/mol. The summed E-state index contributed by atoms with van der Waals surface area (Å²) >= 11 is 12.2. The van der Waals surface area contributed by atoms with Gasteiger partial charge in [0.15, 0.2) is 0 Å². The van der Waals surface area contributed by atoms with Crippen molar-refractivity contribution < 1.29 is 0 Å². The second kappa shape index (κ2) is 5.52. The molecule has 0 radical (unpaired) electrons. The Morgan fingerprint density at radius 1 is 1.09 bits per heavy atom. The smallest absolute Gasteiger partial charge is 0.261 e. The van der Waals surface area contributed by atoms with E-state index in [2.05, 4.69) is 4.98 Å². The van der Waals surface area contributed by atoms with E-state index >= 15 is 0 Å². The molecule has 1 aliphatic rings. The minimum atomic E-state index is -0.0462. The van der Waals surface area contributed by atoms with E-state index in [4.69, 9.17) is 23.2 Å². The Morgan fingerprint density at radius 3 is 2.74 bits per heavy atom. The van der Waals surface area contributed by atoms with Gasteiger partial charge in [0.25, 0.3) is 5.56 Å². The number of pyridine rings is 1. The maximum Gasteiger partial charge on any atom is 0.261 e. The standard InChI is InChI=1S/C18H12Cl2N2O/c19-13-6-8-16-21-17-12(9-11-3-1-2-4-15(11)20)5-7-14(17)18(23)22(16)10-13/h1-4,6,8-10H,5,7H2. The maximum absolute atomic E-state index is 12.6. The van der Waals surface area contributed by atoms with Gasteiger partial charge in [-0.25, -0.2) is 4.98 Å². The zero-order chi connectivity index (χ0) is 16.0. The topological polar surface area (TPSA) is 34.4 Å². The Balaban J connectivity index is 1.93. The molecule has 2 aromatic heterocycles. The summed E-state index contributed by atoms with van der Waals surface area (Å²) < 4.78 is 1.51. The molecule has 0 aliphatic heterocycles. The van der Waals surface area contributed by atoms with Crippen molar-refractivity contribution in [2.45, 2.75) is 12.8 Å². The van der Waals surface area contributed by atoms with Gasteiger partial charge in [-0.2, -0.15) is 0 Å². The molecule has 1 aromatic carbocycles. The van der Waals surface area contributed by atoms with Crippen LogP contribution in [-0.4, -0.2) is 9.38 Å². The Labute approximate surface area is 142 Å². The van der Waals surface area contributed by atoms with Crippen molar-refractivity contribution in [2.75, 3.05) is 0 Å². The van der Waals surface area contributed by atoms with Crippen molar-refractivity contribution in [3.8, 4) is 0 Å². The van der Waals surface area contributed by atoms with Gasteiger partial charge in [0.1, 0.15) is 5.65 Å². The monoisotopic (exact) mass is 342 g/mol. The molecule has 23 heavy (non-hydrogen) atoms. The summed E-state index contributed by atoms with van der Waals surface area (Å²) in [5.74, 6) is 0. The van der Waals surface area contributed by atoms with Crippen molar-refractivity contribution in [3.05, 3.63) is 79.8 Å². The lowest BCUT2D eigenvalue weighted by atomic mass is 10.1. The first kappa shape index (κ1) is 14.5. The highest BCUT2D eigenvalue weighted by atomic mass is 35.5. The van der Waals surface area contributed by atoms with Gasteiger partial charge < -0.3 is 0 Å². The molecule has 0 amide bonds. The third kappa shape index (κ3) is 2.46. The number of nitrogens with zero attached hydrogens (tertiary/aromatic N) is 2. The van der Waals surface area contributed by atoms with Crippen molar-refractivity contribution in [1.82, 2.24) is 9.38 Å². The number of hydrogen-bond acceptors (Lipinski definition) is 2. The fourth-order valence-electron chi connectivity index (χ4n) is 2.94. The molecule has 0 saturated heterocycles. The van der Waals surface area contributed by atoms with E-state index < -0.39 is 0 Å². The van der Waals surface area contributed by atoms with Gasteiger partial charge in [0, 0.05) is 16.8 Å². The minimum Gasteiger partial charge on any atom is -0.269 e. The summed E-state index contributed by atoms with van der Waals surface area (Å²) in [6.45, 7) is 0. The molecule has 0 atom stereocenters. The number of halogens is 2. The SMILES string of the molecule is O=c1c2c(nc3ccc(Cl)cn13)C(=Cc1ccccc1Cl)CC2. The van der Waals surface area contributed by atoms with Crippen LogP contribution in [0.25, 0.3) is 17.3 Å². The van der Waals surface area contributed by atoms with E-state index in [0.29, 0.717) is 22.1 Å². The molecule has 1 aliphatic carbocycles. The summed E-state index contributed by atoms with van der Waals surface area (Å²) in [4.78, 5) is 17.3. The Morgan fingerprint density at radius 2 is 1.91 bits per heavy atom. The zero-order valence-corrected chi connectivity index (χ0v) is 13.6. The van der Waals surface area contributed by atoms with Gasteiger partial charge in [-0.3, -0.25) is 9.20 Å². The lowest BCUT2D eigenvalue weighted by Gasteiger charge is -2.06. The van der Waals surface area contributed by atoms with Crippen LogP contribution in [0.4, 0.5) is 0 Å². The highest BCUT2D eigenvalue weighted by molar-refractivity contribution is 6.32. The summed E-state index contributed by atoms with van der Waals surface area (Å²) in [6, 6.07) is 11.2. The molecule has 0 bridgehead atoms. The summed E-state index contributed by atoms with van der Waals surface area (Å²) in [5, 5.41) is 1.21. The van der Waals surface area contributed by atoms with Gasteiger partial charge in [-0.15, -0.1) is 0 Å². The van der Waals surface area contributed by atoms with Crippen LogP contribution in [0, 0.1) is 0 Å². The van der Waals surface area contributed by atoms with Gasteiger partial charge in [0.2, 0.25) is 0 Å². The van der Waals surface area contributed by atoms with Gasteiger partial charge >= 0.3 is 0 Å². The maximum atomic E-state index is 12.6. The largest absolute Gasteiger partial charge is 0.269 e. The second-order valence-electron chi connectivity index (χ2n) is 5.51. The van der Waals surface area contributed by atoms with Crippen LogP contribution in [0.2, 0.25) is 10.0 Å². The van der Waals surface area contributed by atoms with Crippen LogP contribution in [-0.2, 0) is 6.42 Å². The molecule has 4 rings (SSSR count). The lowest BCUT2D eigenvalue weighted by Crippen LogP contribution is -2.19. The van der Waals surface area contributed by atoms with E-state index in [0.717, 1.165) is 28.8 Å². The third-order valence-corrected chi connectivity index (χ3v) is 4.63. The van der Waals surface area contributed by atoms with E-state index in [9.17, 15) is 4.79 Å². The van der Waals surface area contributed by atoms with Gasteiger partial charge in [0.05, 0.1) is 10.7 Å². The number of fused-ring (bicyclic) bond motifs is 2. The fraction of sp³-hybridized carbons (Fsp3) is 0.111. The van der Waals surface area contributed by atoms with Crippen molar-refractivity contribution >= 4 is 40.5 Å². The molecule has 0 fully saturated rings. The number of aromatic nitrogens is 2. The number of rotatable bonds is 1. The predicted octanol–water partition coefficient (Wildman–Crippen LogP) is 4.49. The van der Waals surface area contributed by atoms with Gasteiger partial charge in [-0.05, 0) is 48.3 Å². The normalized spacial score (nSPS) is 15.3. The minimum absolute atomic E-state index is 0.0462. The lowest BCUT2D eigenvalue weighted by molar-refractivity contribution is 0.971. The first-order chi connectivity index (χ1) is 11.1. The number of benzene rings is 1. The Bertz CT molecular complexity index is 1020. The molecule has 5 heteroatoms. The molecule has 3 nitrogen and oxygen atoms in total. The van der Waals surface area contributed by atoms with Crippen LogP contribution in [0.1, 0.15) is 23.2 Å². The summed E-state index contributed by atoms with van der Waals surface area (Å²) in [6.07, 6.45) is 5.11. The van der Waals surface area contributed by atoms with Crippen molar-refractivity contribution in [2.24, 2.45) is 0 Å². The van der Waals surface area contributed by atoms with E-state index in [-0.39, 0.29) is 5.56 Å². The molecule has 0 N–H and O–H groups in total. The number of hydrogen-bond donors (Lipinski definition) is 0. The first-order valence-corrected chi connectivity index (χ1v) is 8.05. The second-order valence-corrected chi connectivity index (χ2v) is 6.35. The van der Waals surface area contributed by atoms with E-state index in [1.807, 2.05) is 30.3 Å². The van der Waals surface area contributed by atoms with Crippen LogP contribution in [0.3, 0.4) is 0 Å². The highest BCUT2D eigenvalue weighted by Crippen LogP contribution is 2.32. The summed E-state index contributed by atoms with van der Waals surface area (Å²) in [7, 11) is 0. The molecule has 3 aromatic rings. The summed E-state index contributed by atoms with van der Waals surface area (Å²) in [5.41, 5.74) is 4.05. The third-order valence-electron chi connectivity index (χ3n) is 4.06.